The Morgan fingerprint density at radius 1 is 1.33 bits per heavy atom. The van der Waals surface area contributed by atoms with Gasteiger partial charge in [0.1, 0.15) is 11.9 Å². The molecule has 3 rings (SSSR count). The van der Waals surface area contributed by atoms with Gasteiger partial charge < -0.3 is 14.5 Å². The third-order valence-electron chi connectivity index (χ3n) is 4.04. The molecule has 0 saturated carbocycles. The van der Waals surface area contributed by atoms with Crippen molar-refractivity contribution in [2.75, 3.05) is 38.7 Å². The second-order valence-electron chi connectivity index (χ2n) is 6.05. The Morgan fingerprint density at radius 2 is 2.21 bits per heavy atom. The van der Waals surface area contributed by atoms with Gasteiger partial charge in [0.15, 0.2) is 0 Å². The number of hydrogen-bond acceptors (Lipinski definition) is 5. The molecular weight excluding hydrogens is 304 g/mol. The molecule has 0 N–H and O–H groups in total. The standard InChI is InChI=1S/C18H22N4O2/c1-21(2)17-7-3-6-15(20-17)16-13-22(9-10-24-16)18(23)11-14-5-4-8-19-12-14/h3-8,12,16H,9-11,13H2,1-2H3/t16-/m0/s1. The number of carbonyl (C=O) groups excluding carboxylic acids is 1. The first kappa shape index (κ1) is 16.4. The summed E-state index contributed by atoms with van der Waals surface area (Å²) in [5.74, 6) is 0.981. The largest absolute Gasteiger partial charge is 0.368 e. The second-order valence-corrected chi connectivity index (χ2v) is 6.05. The lowest BCUT2D eigenvalue weighted by molar-refractivity contribution is -0.138. The number of hydrogen-bond donors (Lipinski definition) is 0. The lowest BCUT2D eigenvalue weighted by atomic mass is 10.1. The van der Waals surface area contributed by atoms with E-state index in [4.69, 9.17) is 4.74 Å². The van der Waals surface area contributed by atoms with Crippen molar-refractivity contribution >= 4 is 11.7 Å². The fraction of sp³-hybridized carbons (Fsp3) is 0.389. The molecule has 1 atom stereocenters. The zero-order valence-electron chi connectivity index (χ0n) is 14.1. The highest BCUT2D eigenvalue weighted by Gasteiger charge is 2.26. The van der Waals surface area contributed by atoms with E-state index in [1.807, 2.05) is 54.2 Å². The van der Waals surface area contributed by atoms with Crippen LogP contribution in [0.4, 0.5) is 5.82 Å². The van der Waals surface area contributed by atoms with Gasteiger partial charge in [0.25, 0.3) is 0 Å². The maximum Gasteiger partial charge on any atom is 0.227 e. The fourth-order valence-electron chi connectivity index (χ4n) is 2.71. The van der Waals surface area contributed by atoms with Gasteiger partial charge in [-0.25, -0.2) is 4.98 Å². The number of ether oxygens (including phenoxy) is 1. The molecule has 1 saturated heterocycles. The average Bonchev–Trinajstić information content (AvgIpc) is 2.63. The maximum absolute atomic E-state index is 12.5. The molecule has 2 aromatic heterocycles. The van der Waals surface area contributed by atoms with Crippen LogP contribution >= 0.6 is 0 Å². The SMILES string of the molecule is CN(C)c1cccc([C@@H]2CN(C(=O)Cc3cccnc3)CCO2)n1. The molecule has 2 aromatic rings. The summed E-state index contributed by atoms with van der Waals surface area (Å²) >= 11 is 0. The summed E-state index contributed by atoms with van der Waals surface area (Å²) in [5.41, 5.74) is 1.79. The van der Waals surface area contributed by atoms with Crippen molar-refractivity contribution in [1.82, 2.24) is 14.9 Å². The van der Waals surface area contributed by atoms with E-state index in [0.717, 1.165) is 17.1 Å². The molecule has 0 radical (unpaired) electrons. The van der Waals surface area contributed by atoms with E-state index in [0.29, 0.717) is 26.1 Å². The lowest BCUT2D eigenvalue weighted by Gasteiger charge is -2.33. The Kier molecular flexibility index (Phi) is 5.05. The van der Waals surface area contributed by atoms with E-state index < -0.39 is 0 Å². The molecule has 6 heteroatoms. The highest BCUT2D eigenvalue weighted by atomic mass is 16.5. The van der Waals surface area contributed by atoms with Crippen LogP contribution in [0.1, 0.15) is 17.4 Å². The summed E-state index contributed by atoms with van der Waals surface area (Å²) in [7, 11) is 3.91. The van der Waals surface area contributed by atoms with E-state index in [9.17, 15) is 4.79 Å². The third-order valence-corrected chi connectivity index (χ3v) is 4.04. The van der Waals surface area contributed by atoms with Crippen molar-refractivity contribution in [2.45, 2.75) is 12.5 Å². The van der Waals surface area contributed by atoms with Crippen LogP contribution in [0, 0.1) is 0 Å². The van der Waals surface area contributed by atoms with Gasteiger partial charge in [-0.3, -0.25) is 9.78 Å². The minimum atomic E-state index is -0.184. The van der Waals surface area contributed by atoms with Crippen LogP contribution in [0.2, 0.25) is 0 Å². The van der Waals surface area contributed by atoms with Gasteiger partial charge in [-0.05, 0) is 23.8 Å². The quantitative estimate of drug-likeness (QED) is 0.856. The third kappa shape index (κ3) is 3.89. The highest BCUT2D eigenvalue weighted by Crippen LogP contribution is 2.23. The molecule has 0 unspecified atom stereocenters. The first-order valence-corrected chi connectivity index (χ1v) is 8.06. The normalized spacial score (nSPS) is 17.6. The minimum absolute atomic E-state index is 0.0973. The number of anilines is 1. The molecule has 126 valence electrons. The molecule has 0 aliphatic carbocycles. The van der Waals surface area contributed by atoms with E-state index in [1.54, 1.807) is 12.4 Å². The summed E-state index contributed by atoms with van der Waals surface area (Å²) in [6.07, 6.45) is 3.63. The van der Waals surface area contributed by atoms with Crippen LogP contribution < -0.4 is 4.90 Å². The Hall–Kier alpha value is -2.47. The summed E-state index contributed by atoms with van der Waals surface area (Å²) in [6.45, 7) is 1.67. The predicted molar refractivity (Wildman–Crippen MR) is 91.8 cm³/mol. The number of rotatable bonds is 4. The van der Waals surface area contributed by atoms with Gasteiger partial charge in [0.05, 0.1) is 25.3 Å². The molecule has 24 heavy (non-hydrogen) atoms. The maximum atomic E-state index is 12.5. The summed E-state index contributed by atoms with van der Waals surface area (Å²) in [4.78, 5) is 25.0. The molecular formula is C18H22N4O2. The van der Waals surface area contributed by atoms with Crippen molar-refractivity contribution in [1.29, 1.82) is 0 Å². The van der Waals surface area contributed by atoms with E-state index in [1.165, 1.54) is 0 Å². The monoisotopic (exact) mass is 326 g/mol. The Bertz CT molecular complexity index is 690. The number of nitrogens with zero attached hydrogens (tertiary/aromatic N) is 4. The van der Waals surface area contributed by atoms with Crippen molar-refractivity contribution in [3.63, 3.8) is 0 Å². The Morgan fingerprint density at radius 3 is 2.96 bits per heavy atom. The fourth-order valence-corrected chi connectivity index (χ4v) is 2.71. The van der Waals surface area contributed by atoms with Gasteiger partial charge in [-0.15, -0.1) is 0 Å². The molecule has 0 spiro atoms. The molecule has 1 aliphatic rings. The van der Waals surface area contributed by atoms with Crippen molar-refractivity contribution in [2.24, 2.45) is 0 Å². The van der Waals surface area contributed by atoms with Crippen LogP contribution in [-0.4, -0.2) is 54.6 Å². The number of aromatic nitrogens is 2. The van der Waals surface area contributed by atoms with Crippen LogP contribution in [0.15, 0.2) is 42.7 Å². The number of amides is 1. The van der Waals surface area contributed by atoms with Gasteiger partial charge >= 0.3 is 0 Å². The van der Waals surface area contributed by atoms with E-state index in [2.05, 4.69) is 9.97 Å². The first-order valence-electron chi connectivity index (χ1n) is 8.06. The average molecular weight is 326 g/mol. The van der Waals surface area contributed by atoms with Gasteiger partial charge in [0, 0.05) is 33.0 Å². The molecule has 3 heterocycles. The van der Waals surface area contributed by atoms with Gasteiger partial charge in [-0.2, -0.15) is 0 Å². The smallest absolute Gasteiger partial charge is 0.227 e. The molecule has 6 nitrogen and oxygen atoms in total. The molecule has 0 bridgehead atoms. The number of morpholine rings is 1. The molecule has 1 fully saturated rings. The molecule has 0 aromatic carbocycles. The van der Waals surface area contributed by atoms with Crippen LogP contribution in [0.25, 0.3) is 0 Å². The van der Waals surface area contributed by atoms with Gasteiger partial charge in [-0.1, -0.05) is 12.1 Å². The Balaban J connectivity index is 1.68. The number of carbonyl (C=O) groups is 1. The summed E-state index contributed by atoms with van der Waals surface area (Å²) in [6, 6.07) is 9.65. The zero-order chi connectivity index (χ0) is 16.9. The van der Waals surface area contributed by atoms with Crippen LogP contribution in [0.3, 0.4) is 0 Å². The topological polar surface area (TPSA) is 58.6 Å². The van der Waals surface area contributed by atoms with E-state index >= 15 is 0 Å². The number of pyridine rings is 2. The second kappa shape index (κ2) is 7.40. The first-order chi connectivity index (χ1) is 11.6. The van der Waals surface area contributed by atoms with Crippen LogP contribution in [0.5, 0.6) is 0 Å². The van der Waals surface area contributed by atoms with Crippen molar-refractivity contribution in [3.05, 3.63) is 54.0 Å². The van der Waals surface area contributed by atoms with Crippen molar-refractivity contribution < 1.29 is 9.53 Å². The lowest BCUT2D eigenvalue weighted by Crippen LogP contribution is -2.43. The molecule has 1 aliphatic heterocycles. The molecule has 1 amide bonds. The predicted octanol–water partition coefficient (Wildman–Crippen LogP) is 1.69. The van der Waals surface area contributed by atoms with Gasteiger partial charge in [0.2, 0.25) is 5.91 Å². The minimum Gasteiger partial charge on any atom is -0.368 e. The highest BCUT2D eigenvalue weighted by molar-refractivity contribution is 5.78. The summed E-state index contributed by atoms with van der Waals surface area (Å²) < 4.78 is 5.84. The Labute approximate surface area is 142 Å². The van der Waals surface area contributed by atoms with E-state index in [-0.39, 0.29) is 12.0 Å². The van der Waals surface area contributed by atoms with Crippen molar-refractivity contribution in [3.8, 4) is 0 Å². The summed E-state index contributed by atoms with van der Waals surface area (Å²) in [5, 5.41) is 0. The van der Waals surface area contributed by atoms with Crippen LogP contribution in [-0.2, 0) is 16.0 Å². The zero-order valence-corrected chi connectivity index (χ0v) is 14.1.